The van der Waals surface area contributed by atoms with Crippen LogP contribution in [0.1, 0.15) is 37.9 Å². The Bertz CT molecular complexity index is 417. The van der Waals surface area contributed by atoms with E-state index in [4.69, 9.17) is 4.74 Å². The van der Waals surface area contributed by atoms with Gasteiger partial charge in [0.15, 0.2) is 0 Å². The van der Waals surface area contributed by atoms with Crippen molar-refractivity contribution in [2.45, 2.75) is 38.4 Å². The lowest BCUT2D eigenvalue weighted by molar-refractivity contribution is 0.0215. The molecule has 1 saturated heterocycles. The molecule has 1 aliphatic rings. The summed E-state index contributed by atoms with van der Waals surface area (Å²) in [6, 6.07) is 4.90. The van der Waals surface area contributed by atoms with Gasteiger partial charge in [0.2, 0.25) is 0 Å². The number of ether oxygens (including phenoxy) is 1. The van der Waals surface area contributed by atoms with Gasteiger partial charge >= 0.3 is 0 Å². The quantitative estimate of drug-likeness (QED) is 0.910. The minimum atomic E-state index is -0.814. The molecule has 0 amide bonds. The minimum Gasteiger partial charge on any atom is -0.389 e. The summed E-state index contributed by atoms with van der Waals surface area (Å²) in [5, 5.41) is 9.74. The smallest absolute Gasteiger partial charge is 0.131 e. The fourth-order valence-corrected chi connectivity index (χ4v) is 2.63. The Morgan fingerprint density at radius 1 is 1.47 bits per heavy atom. The van der Waals surface area contributed by atoms with Crippen molar-refractivity contribution in [1.29, 1.82) is 0 Å². The first-order valence-electron chi connectivity index (χ1n) is 6.89. The molecule has 3 nitrogen and oxygen atoms in total. The number of benzene rings is 1. The third kappa shape index (κ3) is 3.45. The van der Waals surface area contributed by atoms with Crippen molar-refractivity contribution in [1.82, 2.24) is 0 Å². The van der Waals surface area contributed by atoms with Crippen LogP contribution in [0.2, 0.25) is 0 Å². The highest BCUT2D eigenvalue weighted by molar-refractivity contribution is 5.54. The summed E-state index contributed by atoms with van der Waals surface area (Å²) < 4.78 is 19.5. The van der Waals surface area contributed by atoms with Crippen molar-refractivity contribution < 1.29 is 14.2 Å². The zero-order valence-corrected chi connectivity index (χ0v) is 11.6. The normalized spacial score (nSPS) is 21.2. The van der Waals surface area contributed by atoms with Crippen molar-refractivity contribution in [3.63, 3.8) is 0 Å². The van der Waals surface area contributed by atoms with Gasteiger partial charge in [-0.25, -0.2) is 4.39 Å². The summed E-state index contributed by atoms with van der Waals surface area (Å²) >= 11 is 0. The number of anilines is 1. The third-order valence-electron chi connectivity index (χ3n) is 3.61. The molecule has 1 fully saturated rings. The highest BCUT2D eigenvalue weighted by atomic mass is 19.1. The van der Waals surface area contributed by atoms with Gasteiger partial charge in [0.25, 0.3) is 0 Å². The second kappa shape index (κ2) is 6.35. The van der Waals surface area contributed by atoms with Gasteiger partial charge in [-0.05, 0) is 38.3 Å². The van der Waals surface area contributed by atoms with E-state index < -0.39 is 6.10 Å². The van der Waals surface area contributed by atoms with Crippen molar-refractivity contribution >= 4 is 5.69 Å². The maximum atomic E-state index is 13.8. The molecule has 2 rings (SSSR count). The number of hydrogen-bond acceptors (Lipinski definition) is 3. The lowest BCUT2D eigenvalue weighted by Crippen LogP contribution is -2.34. The average molecular weight is 267 g/mol. The fraction of sp³-hybridized carbons (Fsp3) is 0.600. The molecule has 0 aromatic heterocycles. The van der Waals surface area contributed by atoms with E-state index in [9.17, 15) is 9.50 Å². The summed E-state index contributed by atoms with van der Waals surface area (Å²) in [6.07, 6.45) is 2.74. The summed E-state index contributed by atoms with van der Waals surface area (Å²) in [5.41, 5.74) is 1.10. The lowest BCUT2D eigenvalue weighted by Gasteiger charge is -2.30. The van der Waals surface area contributed by atoms with Gasteiger partial charge in [-0.2, -0.15) is 0 Å². The SMILES string of the molecule is C[C@H](O)c1c(F)cccc1N(C)CC1CCCCO1. The lowest BCUT2D eigenvalue weighted by atomic mass is 10.0. The molecule has 2 atom stereocenters. The first kappa shape index (κ1) is 14.3. The Labute approximate surface area is 114 Å². The second-order valence-corrected chi connectivity index (χ2v) is 5.22. The molecule has 0 radical (unpaired) electrons. The molecule has 1 aromatic rings. The molecular weight excluding hydrogens is 245 g/mol. The summed E-state index contributed by atoms with van der Waals surface area (Å²) in [5.74, 6) is -0.357. The molecule has 0 aliphatic carbocycles. The van der Waals surface area contributed by atoms with Crippen molar-refractivity contribution in [2.24, 2.45) is 0 Å². The van der Waals surface area contributed by atoms with Crippen LogP contribution in [0.4, 0.5) is 10.1 Å². The van der Waals surface area contributed by atoms with E-state index in [2.05, 4.69) is 0 Å². The van der Waals surface area contributed by atoms with Gasteiger partial charge in [0, 0.05) is 31.5 Å². The van der Waals surface area contributed by atoms with Gasteiger partial charge in [0.1, 0.15) is 5.82 Å². The number of rotatable bonds is 4. The van der Waals surface area contributed by atoms with Crippen molar-refractivity contribution in [3.8, 4) is 0 Å². The molecule has 1 unspecified atom stereocenters. The van der Waals surface area contributed by atoms with Gasteiger partial charge in [-0.3, -0.25) is 0 Å². The fourth-order valence-electron chi connectivity index (χ4n) is 2.63. The third-order valence-corrected chi connectivity index (χ3v) is 3.61. The van der Waals surface area contributed by atoms with E-state index in [-0.39, 0.29) is 11.9 Å². The molecule has 1 N–H and O–H groups in total. The zero-order chi connectivity index (χ0) is 13.8. The van der Waals surface area contributed by atoms with Gasteiger partial charge in [-0.1, -0.05) is 6.07 Å². The van der Waals surface area contributed by atoms with Gasteiger partial charge in [-0.15, -0.1) is 0 Å². The Morgan fingerprint density at radius 3 is 2.89 bits per heavy atom. The second-order valence-electron chi connectivity index (χ2n) is 5.22. The Hall–Kier alpha value is -1.13. The van der Waals surface area contributed by atoms with E-state index >= 15 is 0 Å². The molecule has 0 saturated carbocycles. The van der Waals surface area contributed by atoms with Gasteiger partial charge in [0.05, 0.1) is 12.2 Å². The number of halogens is 1. The van der Waals surface area contributed by atoms with E-state index in [0.29, 0.717) is 5.56 Å². The molecule has 1 heterocycles. The first-order valence-corrected chi connectivity index (χ1v) is 6.89. The minimum absolute atomic E-state index is 0.198. The molecule has 19 heavy (non-hydrogen) atoms. The average Bonchev–Trinajstić information content (AvgIpc) is 2.39. The highest BCUT2D eigenvalue weighted by Gasteiger charge is 2.20. The number of aliphatic hydroxyl groups excluding tert-OH is 1. The summed E-state index contributed by atoms with van der Waals surface area (Å²) in [4.78, 5) is 1.97. The van der Waals surface area contributed by atoms with Crippen molar-refractivity contribution in [3.05, 3.63) is 29.6 Å². The monoisotopic (exact) mass is 267 g/mol. The summed E-state index contributed by atoms with van der Waals surface area (Å²) in [6.45, 7) is 3.13. The number of hydrogen-bond donors (Lipinski definition) is 1. The van der Waals surface area contributed by atoms with E-state index in [1.165, 1.54) is 12.5 Å². The predicted octanol–water partition coefficient (Wildman–Crippen LogP) is 2.88. The number of nitrogens with zero attached hydrogens (tertiary/aromatic N) is 1. The molecule has 0 spiro atoms. The van der Waals surface area contributed by atoms with Crippen LogP contribution in [0.3, 0.4) is 0 Å². The molecule has 1 aromatic carbocycles. The predicted molar refractivity (Wildman–Crippen MR) is 73.9 cm³/mol. The zero-order valence-electron chi connectivity index (χ0n) is 11.6. The molecule has 4 heteroatoms. The first-order chi connectivity index (χ1) is 9.09. The van der Waals surface area contributed by atoms with Gasteiger partial charge < -0.3 is 14.7 Å². The van der Waals surface area contributed by atoms with Crippen LogP contribution in [0.5, 0.6) is 0 Å². The van der Waals surface area contributed by atoms with Crippen LogP contribution in [-0.4, -0.2) is 31.4 Å². The molecular formula is C15H22FNO2. The molecule has 1 aliphatic heterocycles. The van der Waals surface area contributed by atoms with E-state index in [1.54, 1.807) is 13.0 Å². The Balaban J connectivity index is 2.13. The van der Waals surface area contributed by atoms with Crippen LogP contribution >= 0.6 is 0 Å². The van der Waals surface area contributed by atoms with E-state index in [1.807, 2.05) is 18.0 Å². The van der Waals surface area contributed by atoms with Crippen LogP contribution in [-0.2, 0) is 4.74 Å². The Kier molecular flexibility index (Phi) is 4.77. The van der Waals surface area contributed by atoms with E-state index in [0.717, 1.165) is 31.7 Å². The largest absolute Gasteiger partial charge is 0.389 e. The van der Waals surface area contributed by atoms with Crippen LogP contribution in [0.25, 0.3) is 0 Å². The van der Waals surface area contributed by atoms with Crippen LogP contribution in [0.15, 0.2) is 18.2 Å². The maximum absolute atomic E-state index is 13.8. The molecule has 106 valence electrons. The number of aliphatic hydroxyl groups is 1. The summed E-state index contributed by atoms with van der Waals surface area (Å²) in [7, 11) is 1.92. The van der Waals surface area contributed by atoms with Crippen molar-refractivity contribution in [2.75, 3.05) is 25.1 Å². The number of likely N-dealkylation sites (N-methyl/N-ethyl adjacent to an activating group) is 1. The maximum Gasteiger partial charge on any atom is 0.131 e. The Morgan fingerprint density at radius 2 is 2.26 bits per heavy atom. The topological polar surface area (TPSA) is 32.7 Å². The standard InChI is InChI=1S/C15H22FNO2/c1-11(18)15-13(16)7-5-8-14(15)17(2)10-12-6-3-4-9-19-12/h5,7-8,11-12,18H,3-4,6,9-10H2,1-2H3/t11-,12?/m0/s1. The highest BCUT2D eigenvalue weighted by Crippen LogP contribution is 2.29. The van der Waals surface area contributed by atoms with Crippen LogP contribution < -0.4 is 4.90 Å². The molecule has 0 bridgehead atoms. The van der Waals surface area contributed by atoms with Crippen LogP contribution in [0, 0.1) is 5.82 Å².